The summed E-state index contributed by atoms with van der Waals surface area (Å²) in [5.74, 6) is 0.757. The number of hydrogen-bond acceptors (Lipinski definition) is 5. The molecule has 4 aromatic heterocycles. The standard InChI is InChI=1S/C18H18N6O/c1-23-11-15(9-21-23)14-6-17(25-2)18-16(10-22-24(18)12-14)20-8-13-4-3-5-19-7-13/h3-7,9-12,20H,8H2,1-2H3. The van der Waals surface area contributed by atoms with Crippen LogP contribution in [-0.4, -0.2) is 31.5 Å². The van der Waals surface area contributed by atoms with Crippen LogP contribution in [0, 0.1) is 0 Å². The lowest BCUT2D eigenvalue weighted by molar-refractivity contribution is 0.418. The van der Waals surface area contributed by atoms with Crippen LogP contribution in [0.5, 0.6) is 5.75 Å². The molecule has 7 nitrogen and oxygen atoms in total. The summed E-state index contributed by atoms with van der Waals surface area (Å²) >= 11 is 0. The lowest BCUT2D eigenvalue weighted by atomic mass is 10.1. The molecule has 0 saturated carbocycles. The van der Waals surface area contributed by atoms with Gasteiger partial charge in [0.05, 0.1) is 25.2 Å². The summed E-state index contributed by atoms with van der Waals surface area (Å²) in [5, 5.41) is 12.1. The number of aryl methyl sites for hydroxylation is 1. The zero-order valence-corrected chi connectivity index (χ0v) is 14.0. The van der Waals surface area contributed by atoms with Crippen molar-refractivity contribution >= 4 is 11.2 Å². The van der Waals surface area contributed by atoms with Crippen LogP contribution in [0.4, 0.5) is 5.69 Å². The largest absolute Gasteiger partial charge is 0.494 e. The fourth-order valence-electron chi connectivity index (χ4n) is 2.80. The van der Waals surface area contributed by atoms with Crippen LogP contribution in [0.25, 0.3) is 16.6 Å². The molecule has 0 aliphatic carbocycles. The van der Waals surface area contributed by atoms with Gasteiger partial charge in [-0.25, -0.2) is 4.52 Å². The van der Waals surface area contributed by atoms with E-state index in [1.54, 1.807) is 24.2 Å². The number of ether oxygens (including phenoxy) is 1. The van der Waals surface area contributed by atoms with Crippen molar-refractivity contribution < 1.29 is 4.74 Å². The summed E-state index contributed by atoms with van der Waals surface area (Å²) in [6.07, 6.45) is 11.2. The molecule has 25 heavy (non-hydrogen) atoms. The number of pyridine rings is 2. The zero-order chi connectivity index (χ0) is 17.2. The molecule has 4 heterocycles. The molecular formula is C18H18N6O. The van der Waals surface area contributed by atoms with Crippen LogP contribution in [0.15, 0.2) is 55.4 Å². The molecule has 0 fully saturated rings. The maximum absolute atomic E-state index is 5.61. The van der Waals surface area contributed by atoms with Gasteiger partial charge in [0.1, 0.15) is 11.3 Å². The second-order valence-electron chi connectivity index (χ2n) is 5.77. The van der Waals surface area contributed by atoms with E-state index in [9.17, 15) is 0 Å². The van der Waals surface area contributed by atoms with Crippen LogP contribution < -0.4 is 10.1 Å². The highest BCUT2D eigenvalue weighted by atomic mass is 16.5. The van der Waals surface area contributed by atoms with Crippen LogP contribution in [0.1, 0.15) is 5.56 Å². The van der Waals surface area contributed by atoms with Crippen molar-refractivity contribution in [2.24, 2.45) is 7.05 Å². The summed E-state index contributed by atoms with van der Waals surface area (Å²) in [5.41, 5.74) is 4.94. The monoisotopic (exact) mass is 334 g/mol. The van der Waals surface area contributed by atoms with E-state index in [1.165, 1.54) is 0 Å². The third-order valence-electron chi connectivity index (χ3n) is 4.04. The summed E-state index contributed by atoms with van der Waals surface area (Å²) < 4.78 is 9.21. The van der Waals surface area contributed by atoms with Crippen molar-refractivity contribution in [1.82, 2.24) is 24.4 Å². The minimum atomic E-state index is 0.669. The Morgan fingerprint density at radius 3 is 2.76 bits per heavy atom. The van der Waals surface area contributed by atoms with Crippen molar-refractivity contribution in [3.05, 3.63) is 60.9 Å². The Bertz CT molecular complexity index is 1010. The minimum absolute atomic E-state index is 0.669. The smallest absolute Gasteiger partial charge is 0.147 e. The number of nitrogens with zero attached hydrogens (tertiary/aromatic N) is 5. The Kier molecular flexibility index (Phi) is 3.81. The molecule has 0 aliphatic rings. The highest BCUT2D eigenvalue weighted by molar-refractivity contribution is 5.81. The van der Waals surface area contributed by atoms with E-state index in [0.717, 1.165) is 33.6 Å². The third kappa shape index (κ3) is 2.91. The molecule has 0 aromatic carbocycles. The Morgan fingerprint density at radius 2 is 2.04 bits per heavy atom. The van der Waals surface area contributed by atoms with Crippen LogP contribution in [0.2, 0.25) is 0 Å². The van der Waals surface area contributed by atoms with Gasteiger partial charge in [-0.3, -0.25) is 9.67 Å². The molecule has 1 N–H and O–H groups in total. The quantitative estimate of drug-likeness (QED) is 0.608. The molecule has 0 amide bonds. The summed E-state index contributed by atoms with van der Waals surface area (Å²) in [6, 6.07) is 5.96. The first kappa shape index (κ1) is 15.2. The lowest BCUT2D eigenvalue weighted by Gasteiger charge is -2.09. The minimum Gasteiger partial charge on any atom is -0.494 e. The molecule has 0 spiro atoms. The molecular weight excluding hydrogens is 316 g/mol. The fourth-order valence-corrected chi connectivity index (χ4v) is 2.80. The summed E-state index contributed by atoms with van der Waals surface area (Å²) in [6.45, 7) is 0.669. The Hall–Kier alpha value is -3.35. The number of methoxy groups -OCH3 is 1. The number of nitrogens with one attached hydrogen (secondary N) is 1. The lowest BCUT2D eigenvalue weighted by Crippen LogP contribution is -2.00. The molecule has 4 aromatic rings. The SMILES string of the molecule is COc1cc(-c2cnn(C)c2)cn2ncc(NCc3cccnc3)c12. The molecule has 126 valence electrons. The summed E-state index contributed by atoms with van der Waals surface area (Å²) in [4.78, 5) is 4.13. The van der Waals surface area contributed by atoms with Crippen molar-refractivity contribution in [2.75, 3.05) is 12.4 Å². The van der Waals surface area contributed by atoms with E-state index in [0.29, 0.717) is 6.54 Å². The van der Waals surface area contributed by atoms with Gasteiger partial charge in [0.25, 0.3) is 0 Å². The number of anilines is 1. The molecule has 0 bridgehead atoms. The second-order valence-corrected chi connectivity index (χ2v) is 5.77. The Labute approximate surface area is 144 Å². The maximum atomic E-state index is 5.61. The maximum Gasteiger partial charge on any atom is 0.147 e. The van der Waals surface area contributed by atoms with Crippen LogP contribution in [0.3, 0.4) is 0 Å². The van der Waals surface area contributed by atoms with Crippen molar-refractivity contribution in [3.8, 4) is 16.9 Å². The normalized spacial score (nSPS) is 11.0. The van der Waals surface area contributed by atoms with Crippen molar-refractivity contribution in [2.45, 2.75) is 6.54 Å². The van der Waals surface area contributed by atoms with Crippen LogP contribution in [-0.2, 0) is 13.6 Å². The first-order chi connectivity index (χ1) is 12.2. The van der Waals surface area contributed by atoms with Gasteiger partial charge < -0.3 is 10.1 Å². The van der Waals surface area contributed by atoms with Crippen molar-refractivity contribution in [1.29, 1.82) is 0 Å². The second kappa shape index (κ2) is 6.27. The number of fused-ring (bicyclic) bond motifs is 1. The average molecular weight is 334 g/mol. The van der Waals surface area contributed by atoms with Crippen molar-refractivity contribution in [3.63, 3.8) is 0 Å². The Morgan fingerprint density at radius 1 is 1.12 bits per heavy atom. The highest BCUT2D eigenvalue weighted by Gasteiger charge is 2.13. The molecule has 0 atom stereocenters. The molecule has 0 unspecified atom stereocenters. The van der Waals surface area contributed by atoms with Gasteiger partial charge in [0.2, 0.25) is 0 Å². The van der Waals surface area contributed by atoms with E-state index in [2.05, 4.69) is 20.5 Å². The van der Waals surface area contributed by atoms with Gasteiger partial charge in [0, 0.05) is 49.5 Å². The fraction of sp³-hybridized carbons (Fsp3) is 0.167. The number of aromatic nitrogens is 5. The average Bonchev–Trinajstić information content (AvgIpc) is 3.26. The van der Waals surface area contributed by atoms with E-state index in [1.807, 2.05) is 54.5 Å². The number of rotatable bonds is 5. The highest BCUT2D eigenvalue weighted by Crippen LogP contribution is 2.32. The first-order valence-electron chi connectivity index (χ1n) is 7.92. The molecule has 0 aliphatic heterocycles. The van der Waals surface area contributed by atoms with E-state index in [-0.39, 0.29) is 0 Å². The van der Waals surface area contributed by atoms with Gasteiger partial charge in [0.15, 0.2) is 0 Å². The predicted octanol–water partition coefficient (Wildman–Crippen LogP) is 2.75. The topological polar surface area (TPSA) is 69.3 Å². The predicted molar refractivity (Wildman–Crippen MR) is 95.5 cm³/mol. The zero-order valence-electron chi connectivity index (χ0n) is 14.0. The van der Waals surface area contributed by atoms with E-state index in [4.69, 9.17) is 4.74 Å². The molecule has 0 radical (unpaired) electrons. The van der Waals surface area contributed by atoms with Gasteiger partial charge in [-0.1, -0.05) is 6.07 Å². The molecule has 7 heteroatoms. The van der Waals surface area contributed by atoms with Gasteiger partial charge in [-0.15, -0.1) is 0 Å². The number of hydrogen-bond donors (Lipinski definition) is 1. The van der Waals surface area contributed by atoms with Gasteiger partial charge in [-0.2, -0.15) is 10.2 Å². The summed E-state index contributed by atoms with van der Waals surface area (Å²) in [7, 11) is 3.56. The molecule has 0 saturated heterocycles. The van der Waals surface area contributed by atoms with Gasteiger partial charge >= 0.3 is 0 Å². The van der Waals surface area contributed by atoms with Crippen LogP contribution >= 0.6 is 0 Å². The molecule has 4 rings (SSSR count). The van der Waals surface area contributed by atoms with Gasteiger partial charge in [-0.05, 0) is 17.7 Å². The first-order valence-corrected chi connectivity index (χ1v) is 7.92. The Balaban J connectivity index is 1.70. The van der Waals surface area contributed by atoms with E-state index >= 15 is 0 Å². The van der Waals surface area contributed by atoms with E-state index < -0.39 is 0 Å². The third-order valence-corrected chi connectivity index (χ3v) is 4.04.